The Kier molecular flexibility index (Phi) is 3.61. The smallest absolute Gasteiger partial charge is 0.191 e. The van der Waals surface area contributed by atoms with Gasteiger partial charge in [0, 0.05) is 12.1 Å². The predicted molar refractivity (Wildman–Crippen MR) is 60.5 cm³/mol. The Morgan fingerprint density at radius 2 is 1.78 bits per heavy atom. The van der Waals surface area contributed by atoms with E-state index in [2.05, 4.69) is 25.9 Å². The van der Waals surface area contributed by atoms with E-state index in [9.17, 15) is 8.78 Å². The van der Waals surface area contributed by atoms with Crippen molar-refractivity contribution in [3.8, 4) is 0 Å². The van der Waals surface area contributed by atoms with Gasteiger partial charge in [0.2, 0.25) is 0 Å². The van der Waals surface area contributed by atoms with Crippen LogP contribution in [0.25, 0.3) is 0 Å². The van der Waals surface area contributed by atoms with Crippen LogP contribution in [0.5, 0.6) is 0 Å². The average Bonchev–Trinajstić information content (AvgIpc) is 2.80. The molecule has 0 bridgehead atoms. The molecule has 96 valence electrons. The highest BCUT2D eigenvalue weighted by atomic mass is 19.1. The Balaban J connectivity index is 2.09. The third kappa shape index (κ3) is 2.86. The Morgan fingerprint density at radius 3 is 2.33 bits per heavy atom. The molecule has 7 heteroatoms. The van der Waals surface area contributed by atoms with Gasteiger partial charge in [-0.05, 0) is 31.5 Å². The van der Waals surface area contributed by atoms with Crippen LogP contribution >= 0.6 is 0 Å². The van der Waals surface area contributed by atoms with Gasteiger partial charge in [-0.25, -0.2) is 8.78 Å². The van der Waals surface area contributed by atoms with Crippen LogP contribution in [0.3, 0.4) is 0 Å². The van der Waals surface area contributed by atoms with Crippen LogP contribution in [0.1, 0.15) is 37.3 Å². The number of aromatic amines is 1. The first kappa shape index (κ1) is 12.6. The molecule has 2 unspecified atom stereocenters. The van der Waals surface area contributed by atoms with E-state index >= 15 is 0 Å². The molecule has 0 amide bonds. The summed E-state index contributed by atoms with van der Waals surface area (Å²) in [6, 6.07) is 3.03. The molecule has 0 saturated carbocycles. The summed E-state index contributed by atoms with van der Waals surface area (Å²) in [5.74, 6) is -0.685. The second-order valence-electron chi connectivity index (χ2n) is 4.08. The van der Waals surface area contributed by atoms with Crippen molar-refractivity contribution in [2.75, 3.05) is 0 Å². The summed E-state index contributed by atoms with van der Waals surface area (Å²) in [5.41, 5.74) is 0.530. The molecule has 0 aliphatic rings. The van der Waals surface area contributed by atoms with Gasteiger partial charge < -0.3 is 5.32 Å². The fourth-order valence-corrected chi connectivity index (χ4v) is 1.72. The van der Waals surface area contributed by atoms with Crippen molar-refractivity contribution < 1.29 is 8.78 Å². The van der Waals surface area contributed by atoms with Crippen LogP contribution in [-0.4, -0.2) is 20.6 Å². The summed E-state index contributed by atoms with van der Waals surface area (Å²) in [6.45, 7) is 3.65. The van der Waals surface area contributed by atoms with Crippen molar-refractivity contribution in [1.29, 1.82) is 0 Å². The molecule has 2 aromatic rings. The number of rotatable bonds is 4. The maximum absolute atomic E-state index is 13.1. The molecule has 0 radical (unpaired) electrons. The van der Waals surface area contributed by atoms with Gasteiger partial charge in [0.1, 0.15) is 11.6 Å². The number of hydrogen-bond acceptors (Lipinski definition) is 4. The first-order valence-corrected chi connectivity index (χ1v) is 5.51. The van der Waals surface area contributed by atoms with Gasteiger partial charge in [0.05, 0.1) is 6.04 Å². The van der Waals surface area contributed by atoms with Crippen molar-refractivity contribution in [3.05, 3.63) is 41.2 Å². The van der Waals surface area contributed by atoms with E-state index in [4.69, 9.17) is 0 Å². The molecule has 2 atom stereocenters. The van der Waals surface area contributed by atoms with Crippen molar-refractivity contribution >= 4 is 0 Å². The van der Waals surface area contributed by atoms with E-state index in [0.717, 1.165) is 6.07 Å². The number of H-pyrrole nitrogens is 1. The number of aromatic nitrogens is 4. The lowest BCUT2D eigenvalue weighted by Crippen LogP contribution is -2.23. The van der Waals surface area contributed by atoms with Crippen LogP contribution in [0.2, 0.25) is 0 Å². The van der Waals surface area contributed by atoms with Crippen molar-refractivity contribution in [3.63, 3.8) is 0 Å². The lowest BCUT2D eigenvalue weighted by atomic mass is 10.1. The van der Waals surface area contributed by atoms with E-state index in [-0.39, 0.29) is 12.1 Å². The van der Waals surface area contributed by atoms with E-state index in [1.165, 1.54) is 12.1 Å². The monoisotopic (exact) mass is 253 g/mol. The first-order valence-electron chi connectivity index (χ1n) is 5.51. The lowest BCUT2D eigenvalue weighted by Gasteiger charge is -2.18. The number of tetrazole rings is 1. The van der Waals surface area contributed by atoms with Gasteiger partial charge in [-0.1, -0.05) is 5.21 Å². The summed E-state index contributed by atoms with van der Waals surface area (Å²) in [6.07, 6.45) is 0. The van der Waals surface area contributed by atoms with Gasteiger partial charge in [0.25, 0.3) is 0 Å². The lowest BCUT2D eigenvalue weighted by molar-refractivity contribution is 0.471. The van der Waals surface area contributed by atoms with Gasteiger partial charge in [-0.2, -0.15) is 5.21 Å². The van der Waals surface area contributed by atoms with Crippen molar-refractivity contribution in [1.82, 2.24) is 25.9 Å². The minimum Gasteiger partial charge on any atom is -0.301 e. The minimum atomic E-state index is -0.592. The molecule has 1 heterocycles. The summed E-state index contributed by atoms with van der Waals surface area (Å²) < 4.78 is 26.2. The zero-order valence-corrected chi connectivity index (χ0v) is 9.98. The standard InChI is InChI=1S/C11H13F2N5/c1-6(8-3-9(12)5-10(13)4-8)14-7(2)11-15-17-18-16-11/h3-7,14H,1-2H3,(H,15,16,17,18). The molecule has 0 aliphatic heterocycles. The highest BCUT2D eigenvalue weighted by molar-refractivity contribution is 5.21. The van der Waals surface area contributed by atoms with Gasteiger partial charge in [-0.15, -0.1) is 10.2 Å². The molecule has 1 aromatic heterocycles. The normalized spacial score (nSPS) is 14.4. The Morgan fingerprint density at radius 1 is 1.11 bits per heavy atom. The molecule has 5 nitrogen and oxygen atoms in total. The maximum atomic E-state index is 13.1. The summed E-state index contributed by atoms with van der Waals surface area (Å²) in [7, 11) is 0. The number of hydrogen-bond donors (Lipinski definition) is 2. The van der Waals surface area contributed by atoms with Crippen LogP contribution in [-0.2, 0) is 0 Å². The summed E-state index contributed by atoms with van der Waals surface area (Å²) in [4.78, 5) is 0. The van der Waals surface area contributed by atoms with Crippen molar-refractivity contribution in [2.24, 2.45) is 0 Å². The zero-order valence-electron chi connectivity index (χ0n) is 9.98. The van der Waals surface area contributed by atoms with E-state index in [0.29, 0.717) is 11.4 Å². The molecule has 1 aromatic carbocycles. The molecule has 0 spiro atoms. The van der Waals surface area contributed by atoms with Crippen LogP contribution < -0.4 is 5.32 Å². The highest BCUT2D eigenvalue weighted by Crippen LogP contribution is 2.19. The van der Waals surface area contributed by atoms with E-state index in [1.807, 2.05) is 13.8 Å². The number of nitrogens with one attached hydrogen (secondary N) is 2. The van der Waals surface area contributed by atoms with Crippen LogP contribution in [0, 0.1) is 11.6 Å². The third-order valence-corrected chi connectivity index (χ3v) is 2.63. The largest absolute Gasteiger partial charge is 0.301 e. The van der Waals surface area contributed by atoms with Gasteiger partial charge in [0.15, 0.2) is 5.82 Å². The number of nitrogens with zero attached hydrogens (tertiary/aromatic N) is 3. The van der Waals surface area contributed by atoms with Crippen molar-refractivity contribution in [2.45, 2.75) is 25.9 Å². The topological polar surface area (TPSA) is 66.5 Å². The first-order chi connectivity index (χ1) is 8.56. The number of halogens is 2. The average molecular weight is 253 g/mol. The zero-order chi connectivity index (χ0) is 13.1. The molecular formula is C11H13F2N5. The summed E-state index contributed by atoms with van der Waals surface area (Å²) >= 11 is 0. The van der Waals surface area contributed by atoms with E-state index < -0.39 is 11.6 Å². The highest BCUT2D eigenvalue weighted by Gasteiger charge is 2.15. The van der Waals surface area contributed by atoms with Crippen LogP contribution in [0.15, 0.2) is 18.2 Å². The summed E-state index contributed by atoms with van der Waals surface area (Å²) in [5, 5.41) is 16.6. The Bertz CT molecular complexity index is 494. The molecule has 0 fully saturated rings. The van der Waals surface area contributed by atoms with Crippen LogP contribution in [0.4, 0.5) is 8.78 Å². The predicted octanol–water partition coefficient (Wildman–Crippen LogP) is 1.89. The third-order valence-electron chi connectivity index (χ3n) is 2.63. The second kappa shape index (κ2) is 5.18. The minimum absolute atomic E-state index is 0.176. The quantitative estimate of drug-likeness (QED) is 0.873. The van der Waals surface area contributed by atoms with E-state index in [1.54, 1.807) is 0 Å². The van der Waals surface area contributed by atoms with Gasteiger partial charge >= 0.3 is 0 Å². The Hall–Kier alpha value is -1.89. The molecule has 0 saturated heterocycles. The molecule has 2 rings (SSSR count). The Labute approximate surface area is 103 Å². The molecule has 0 aliphatic carbocycles. The maximum Gasteiger partial charge on any atom is 0.191 e. The fourth-order valence-electron chi connectivity index (χ4n) is 1.72. The molecule has 2 N–H and O–H groups in total. The van der Waals surface area contributed by atoms with Gasteiger partial charge in [-0.3, -0.25) is 0 Å². The second-order valence-corrected chi connectivity index (χ2v) is 4.08. The SMILES string of the molecule is CC(NC(C)c1nn[nH]n1)c1cc(F)cc(F)c1. The fraction of sp³-hybridized carbons (Fsp3) is 0.364. The number of benzene rings is 1. The molecule has 18 heavy (non-hydrogen) atoms. The molecular weight excluding hydrogens is 240 g/mol.